The van der Waals surface area contributed by atoms with Crippen LogP contribution in [0.5, 0.6) is 17.2 Å². The minimum atomic E-state index is -0.244. The van der Waals surface area contributed by atoms with Gasteiger partial charge in [0.05, 0.1) is 26.8 Å². The molecule has 7 nitrogen and oxygen atoms in total. The molecule has 0 fully saturated rings. The van der Waals surface area contributed by atoms with Crippen LogP contribution in [0.4, 0.5) is 0 Å². The number of nitrogens with zero attached hydrogens (tertiary/aromatic N) is 2. The van der Waals surface area contributed by atoms with E-state index in [0.717, 1.165) is 16.5 Å². The summed E-state index contributed by atoms with van der Waals surface area (Å²) in [5.74, 6) is 0.787. The molecule has 0 unspecified atom stereocenters. The van der Waals surface area contributed by atoms with Gasteiger partial charge in [-0.05, 0) is 42.5 Å². The van der Waals surface area contributed by atoms with E-state index in [1.165, 1.54) is 27.4 Å². The van der Waals surface area contributed by atoms with Crippen LogP contribution in [0, 0.1) is 0 Å². The zero-order valence-corrected chi connectivity index (χ0v) is 18.4. The summed E-state index contributed by atoms with van der Waals surface area (Å²) in [5, 5.41) is 0.855. The predicted molar refractivity (Wildman–Crippen MR) is 125 cm³/mol. The number of benzene rings is 2. The Kier molecular flexibility index (Phi) is 6.22. The third-order valence-corrected chi connectivity index (χ3v) is 5.25. The van der Waals surface area contributed by atoms with Gasteiger partial charge in [-0.15, -0.1) is 0 Å². The van der Waals surface area contributed by atoms with E-state index in [1.807, 2.05) is 24.3 Å². The Hall–Kier alpha value is -4.39. The average Bonchev–Trinajstić information content (AvgIpc) is 3.25. The lowest BCUT2D eigenvalue weighted by atomic mass is 10.1. The summed E-state index contributed by atoms with van der Waals surface area (Å²) in [6.07, 6.45) is 8.05. The van der Waals surface area contributed by atoms with Gasteiger partial charge < -0.3 is 14.2 Å². The number of hydrogen-bond donors (Lipinski definition) is 0. The van der Waals surface area contributed by atoms with Crippen molar-refractivity contribution in [2.24, 2.45) is 0 Å². The number of fused-ring (bicyclic) bond motifs is 1. The summed E-state index contributed by atoms with van der Waals surface area (Å²) < 4.78 is 17.6. The number of rotatable bonds is 7. The van der Waals surface area contributed by atoms with Crippen molar-refractivity contribution >= 4 is 28.7 Å². The molecular formula is C26H22N2O5. The van der Waals surface area contributed by atoms with Crippen molar-refractivity contribution in [2.45, 2.75) is 0 Å². The molecule has 0 aliphatic heterocycles. The number of allylic oxidation sites excluding steroid dienone is 1. The summed E-state index contributed by atoms with van der Waals surface area (Å²) in [6, 6.07) is 14.1. The summed E-state index contributed by atoms with van der Waals surface area (Å²) in [7, 11) is 4.50. The fourth-order valence-corrected chi connectivity index (χ4v) is 3.63. The van der Waals surface area contributed by atoms with Gasteiger partial charge in [0.25, 0.3) is 5.91 Å². The largest absolute Gasteiger partial charge is 0.493 e. The Morgan fingerprint density at radius 2 is 1.55 bits per heavy atom. The monoisotopic (exact) mass is 442 g/mol. The maximum absolute atomic E-state index is 13.0. The van der Waals surface area contributed by atoms with E-state index < -0.39 is 0 Å². The molecule has 0 atom stereocenters. The number of hydrogen-bond acceptors (Lipinski definition) is 6. The van der Waals surface area contributed by atoms with E-state index in [1.54, 1.807) is 53.5 Å². The standard InChI is InChI=1S/C26H22N2O5/c1-31-23-14-19(15-24(32-2)25(23)33-3)22(29)9-8-18-16-28(21-7-5-4-6-20(18)21)26(30)17-10-12-27-13-11-17/h4-16H,1-3H3/b9-8+. The number of carbonyl (C=O) groups excluding carboxylic acids is 2. The van der Waals surface area contributed by atoms with Gasteiger partial charge in [-0.3, -0.25) is 19.1 Å². The molecule has 0 amide bonds. The molecule has 4 aromatic rings. The number of aromatic nitrogens is 2. The van der Waals surface area contributed by atoms with E-state index in [0.29, 0.717) is 28.4 Å². The maximum atomic E-state index is 13.0. The second-order valence-corrected chi connectivity index (χ2v) is 7.12. The van der Waals surface area contributed by atoms with Crippen molar-refractivity contribution in [1.82, 2.24) is 9.55 Å². The van der Waals surface area contributed by atoms with Crippen LogP contribution in [0.2, 0.25) is 0 Å². The molecule has 0 N–H and O–H groups in total. The van der Waals surface area contributed by atoms with Crippen molar-refractivity contribution < 1.29 is 23.8 Å². The van der Waals surface area contributed by atoms with E-state index in [-0.39, 0.29) is 11.7 Å². The molecule has 0 saturated heterocycles. The normalized spacial score (nSPS) is 11.0. The second-order valence-electron chi connectivity index (χ2n) is 7.12. The number of ether oxygens (including phenoxy) is 3. The molecule has 33 heavy (non-hydrogen) atoms. The zero-order valence-electron chi connectivity index (χ0n) is 18.4. The average molecular weight is 442 g/mol. The third kappa shape index (κ3) is 4.21. The predicted octanol–water partition coefficient (Wildman–Crippen LogP) is 4.65. The molecule has 2 aromatic carbocycles. The quantitative estimate of drug-likeness (QED) is 0.306. The first kappa shape index (κ1) is 21.8. The molecule has 166 valence electrons. The molecule has 2 aromatic heterocycles. The molecule has 0 bridgehead atoms. The SMILES string of the molecule is COc1cc(C(=O)/C=C/c2cn(C(=O)c3ccncc3)c3ccccc23)cc(OC)c1OC. The lowest BCUT2D eigenvalue weighted by molar-refractivity contribution is 0.0964. The molecule has 4 rings (SSSR count). The van der Waals surface area contributed by atoms with Crippen LogP contribution in [0.15, 0.2) is 73.2 Å². The topological polar surface area (TPSA) is 79.7 Å². The Morgan fingerprint density at radius 1 is 0.879 bits per heavy atom. The van der Waals surface area contributed by atoms with E-state index in [4.69, 9.17) is 14.2 Å². The minimum Gasteiger partial charge on any atom is -0.493 e. The smallest absolute Gasteiger partial charge is 0.262 e. The Morgan fingerprint density at radius 3 is 2.18 bits per heavy atom. The van der Waals surface area contributed by atoms with Gasteiger partial charge in [-0.2, -0.15) is 0 Å². The van der Waals surface area contributed by atoms with Crippen LogP contribution >= 0.6 is 0 Å². The van der Waals surface area contributed by atoms with Gasteiger partial charge >= 0.3 is 0 Å². The van der Waals surface area contributed by atoms with Crippen LogP contribution in [0.1, 0.15) is 26.3 Å². The lowest BCUT2D eigenvalue weighted by Crippen LogP contribution is -2.10. The Labute approximate surface area is 190 Å². The molecular weight excluding hydrogens is 420 g/mol. The summed E-state index contributed by atoms with van der Waals surface area (Å²) >= 11 is 0. The zero-order chi connectivity index (χ0) is 23.4. The van der Waals surface area contributed by atoms with Gasteiger partial charge in [0, 0.05) is 40.7 Å². The van der Waals surface area contributed by atoms with Gasteiger partial charge in [0.2, 0.25) is 5.75 Å². The Bertz CT molecular complexity index is 1330. The van der Waals surface area contributed by atoms with Crippen LogP contribution < -0.4 is 14.2 Å². The summed E-state index contributed by atoms with van der Waals surface area (Å²) in [6.45, 7) is 0. The highest BCUT2D eigenvalue weighted by Crippen LogP contribution is 2.38. The third-order valence-electron chi connectivity index (χ3n) is 5.25. The number of pyridine rings is 1. The minimum absolute atomic E-state index is 0.177. The number of methoxy groups -OCH3 is 3. The number of carbonyl (C=O) groups is 2. The molecule has 0 aliphatic carbocycles. The van der Waals surface area contributed by atoms with Gasteiger partial charge in [-0.1, -0.05) is 18.2 Å². The summed E-state index contributed by atoms with van der Waals surface area (Å²) in [5.41, 5.74) is 2.40. The molecule has 2 heterocycles. The van der Waals surface area contributed by atoms with Crippen LogP contribution in [0.3, 0.4) is 0 Å². The van der Waals surface area contributed by atoms with Gasteiger partial charge in [0.15, 0.2) is 17.3 Å². The van der Waals surface area contributed by atoms with Gasteiger partial charge in [0.1, 0.15) is 0 Å². The molecule has 0 radical (unpaired) electrons. The van der Waals surface area contributed by atoms with Crippen LogP contribution in [0.25, 0.3) is 17.0 Å². The van der Waals surface area contributed by atoms with Crippen molar-refractivity contribution in [2.75, 3.05) is 21.3 Å². The highest BCUT2D eigenvalue weighted by atomic mass is 16.5. The van der Waals surface area contributed by atoms with Crippen LogP contribution in [-0.4, -0.2) is 42.6 Å². The van der Waals surface area contributed by atoms with E-state index >= 15 is 0 Å². The molecule has 0 spiro atoms. The second kappa shape index (κ2) is 9.40. The van der Waals surface area contributed by atoms with E-state index in [9.17, 15) is 9.59 Å². The van der Waals surface area contributed by atoms with Crippen molar-refractivity contribution in [1.29, 1.82) is 0 Å². The first-order valence-electron chi connectivity index (χ1n) is 10.1. The summed E-state index contributed by atoms with van der Waals surface area (Å²) in [4.78, 5) is 29.9. The molecule has 0 aliphatic rings. The maximum Gasteiger partial charge on any atom is 0.262 e. The Balaban J connectivity index is 1.71. The molecule has 7 heteroatoms. The van der Waals surface area contributed by atoms with Crippen LogP contribution in [-0.2, 0) is 0 Å². The highest BCUT2D eigenvalue weighted by Gasteiger charge is 2.17. The van der Waals surface area contributed by atoms with E-state index in [2.05, 4.69) is 4.98 Å². The van der Waals surface area contributed by atoms with Crippen molar-refractivity contribution in [3.05, 3.63) is 89.9 Å². The van der Waals surface area contributed by atoms with Gasteiger partial charge in [-0.25, -0.2) is 0 Å². The number of para-hydroxylation sites is 1. The van der Waals surface area contributed by atoms with Crippen molar-refractivity contribution in [3.63, 3.8) is 0 Å². The highest BCUT2D eigenvalue weighted by molar-refractivity contribution is 6.09. The lowest BCUT2D eigenvalue weighted by Gasteiger charge is -2.13. The van der Waals surface area contributed by atoms with Crippen molar-refractivity contribution in [3.8, 4) is 17.2 Å². The fraction of sp³-hybridized carbons (Fsp3) is 0.115. The first-order valence-corrected chi connectivity index (χ1v) is 10.1. The first-order chi connectivity index (χ1) is 16.1. The fourth-order valence-electron chi connectivity index (χ4n) is 3.63. The molecule has 0 saturated carbocycles. The number of ketones is 1.